The molecule has 1 amide bonds. The molecular formula is C21H22BrN5O2S. The first kappa shape index (κ1) is 20.7. The van der Waals surface area contributed by atoms with E-state index in [4.69, 9.17) is 4.74 Å². The van der Waals surface area contributed by atoms with Crippen molar-refractivity contribution in [3.63, 3.8) is 0 Å². The molecule has 0 bridgehead atoms. The third-order valence-corrected chi connectivity index (χ3v) is 6.20. The Labute approximate surface area is 187 Å². The average molecular weight is 488 g/mol. The van der Waals surface area contributed by atoms with Crippen LogP contribution in [-0.2, 0) is 17.7 Å². The van der Waals surface area contributed by atoms with Gasteiger partial charge in [-0.25, -0.2) is 14.8 Å². The predicted octanol–water partition coefficient (Wildman–Crippen LogP) is 5.19. The maximum atomic E-state index is 12.4. The number of hydrazone groups is 1. The number of fused-ring (bicyclic) bond motifs is 3. The zero-order valence-corrected chi connectivity index (χ0v) is 19.4. The van der Waals surface area contributed by atoms with Gasteiger partial charge in [-0.3, -0.25) is 5.43 Å². The zero-order chi connectivity index (χ0) is 21.3. The second-order valence-corrected chi connectivity index (χ2v) is 9.98. The van der Waals surface area contributed by atoms with E-state index in [2.05, 4.69) is 36.4 Å². The number of halogens is 1. The highest BCUT2D eigenvalue weighted by Crippen LogP contribution is 2.37. The Bertz CT molecular complexity index is 1110. The first-order chi connectivity index (χ1) is 14.3. The normalized spacial score (nSPS) is 14.2. The van der Waals surface area contributed by atoms with Crippen LogP contribution < -0.4 is 5.43 Å². The highest BCUT2D eigenvalue weighted by molar-refractivity contribution is 9.10. The number of benzene rings is 1. The van der Waals surface area contributed by atoms with E-state index in [1.807, 2.05) is 45.0 Å². The SMILES string of the molecule is CC(C)(C)OC(=O)N1CCc2c(sc3ncnc(N/N=C/c4ccc(Br)cc4)c23)C1. The van der Waals surface area contributed by atoms with Gasteiger partial charge in [0.25, 0.3) is 0 Å². The number of nitrogens with zero attached hydrogens (tertiary/aromatic N) is 4. The van der Waals surface area contributed by atoms with Crippen molar-refractivity contribution in [2.75, 3.05) is 12.0 Å². The lowest BCUT2D eigenvalue weighted by atomic mass is 10.1. The molecule has 1 N–H and O–H groups in total. The number of anilines is 1. The minimum atomic E-state index is -0.507. The van der Waals surface area contributed by atoms with Crippen LogP contribution in [0, 0.1) is 0 Å². The molecule has 0 spiro atoms. The third-order valence-electron chi connectivity index (χ3n) is 4.54. The third kappa shape index (κ3) is 4.62. The van der Waals surface area contributed by atoms with Gasteiger partial charge in [-0.2, -0.15) is 5.10 Å². The number of carbonyl (C=O) groups is 1. The van der Waals surface area contributed by atoms with Crippen LogP contribution in [0.3, 0.4) is 0 Å². The van der Waals surface area contributed by atoms with E-state index < -0.39 is 5.60 Å². The van der Waals surface area contributed by atoms with E-state index in [9.17, 15) is 4.79 Å². The maximum Gasteiger partial charge on any atom is 0.410 e. The first-order valence-electron chi connectivity index (χ1n) is 9.58. The fourth-order valence-electron chi connectivity index (χ4n) is 3.21. The second-order valence-electron chi connectivity index (χ2n) is 7.98. The molecule has 0 atom stereocenters. The number of carbonyl (C=O) groups excluding carboxylic acids is 1. The van der Waals surface area contributed by atoms with Crippen molar-refractivity contribution in [3.05, 3.63) is 51.1 Å². The molecule has 4 rings (SSSR count). The van der Waals surface area contributed by atoms with Crippen LogP contribution in [0.4, 0.5) is 10.6 Å². The number of aromatic nitrogens is 2. The van der Waals surface area contributed by atoms with Crippen LogP contribution in [0.2, 0.25) is 0 Å². The summed E-state index contributed by atoms with van der Waals surface area (Å²) < 4.78 is 6.55. The maximum absolute atomic E-state index is 12.4. The molecule has 2 aromatic heterocycles. The summed E-state index contributed by atoms with van der Waals surface area (Å²) in [6, 6.07) is 7.89. The summed E-state index contributed by atoms with van der Waals surface area (Å²) in [5, 5.41) is 5.32. The van der Waals surface area contributed by atoms with Crippen molar-refractivity contribution < 1.29 is 9.53 Å². The lowest BCUT2D eigenvalue weighted by Gasteiger charge is -2.30. The largest absolute Gasteiger partial charge is 0.444 e. The van der Waals surface area contributed by atoms with Crippen molar-refractivity contribution in [1.82, 2.24) is 14.9 Å². The van der Waals surface area contributed by atoms with Crippen LogP contribution >= 0.6 is 27.3 Å². The van der Waals surface area contributed by atoms with Crippen LogP contribution in [0.5, 0.6) is 0 Å². The Hall–Kier alpha value is -2.52. The molecule has 9 heteroatoms. The molecule has 30 heavy (non-hydrogen) atoms. The van der Waals surface area contributed by atoms with Crippen molar-refractivity contribution in [2.24, 2.45) is 5.10 Å². The van der Waals surface area contributed by atoms with Gasteiger partial charge in [0.2, 0.25) is 0 Å². The van der Waals surface area contributed by atoms with Gasteiger partial charge >= 0.3 is 6.09 Å². The summed E-state index contributed by atoms with van der Waals surface area (Å²) in [7, 11) is 0. The first-order valence-corrected chi connectivity index (χ1v) is 11.2. The van der Waals surface area contributed by atoms with Crippen LogP contribution in [0.15, 0.2) is 40.2 Å². The number of thiophene rings is 1. The number of hydrogen-bond acceptors (Lipinski definition) is 7. The lowest BCUT2D eigenvalue weighted by molar-refractivity contribution is 0.0227. The van der Waals surface area contributed by atoms with E-state index in [0.717, 1.165) is 31.6 Å². The number of ether oxygens (including phenoxy) is 1. The molecule has 1 aliphatic rings. The average Bonchev–Trinajstić information content (AvgIpc) is 3.06. The number of rotatable bonds is 3. The Morgan fingerprint density at radius 2 is 2.07 bits per heavy atom. The zero-order valence-electron chi connectivity index (χ0n) is 17.0. The monoisotopic (exact) mass is 487 g/mol. The number of amides is 1. The summed E-state index contributed by atoms with van der Waals surface area (Å²) in [5.41, 5.74) is 4.71. The molecule has 0 fully saturated rings. The fourth-order valence-corrected chi connectivity index (χ4v) is 4.68. The Morgan fingerprint density at radius 3 is 2.80 bits per heavy atom. The lowest BCUT2D eigenvalue weighted by Crippen LogP contribution is -2.39. The highest BCUT2D eigenvalue weighted by atomic mass is 79.9. The molecule has 0 radical (unpaired) electrons. The summed E-state index contributed by atoms with van der Waals surface area (Å²) in [6.45, 7) is 6.75. The molecule has 0 saturated carbocycles. The van der Waals surface area contributed by atoms with Crippen LogP contribution in [-0.4, -0.2) is 39.3 Å². The Kier molecular flexibility index (Phi) is 5.75. The molecule has 7 nitrogen and oxygen atoms in total. The van der Waals surface area contributed by atoms with Gasteiger partial charge in [-0.15, -0.1) is 11.3 Å². The van der Waals surface area contributed by atoms with Gasteiger partial charge in [0.05, 0.1) is 18.1 Å². The van der Waals surface area contributed by atoms with Crippen LogP contribution in [0.1, 0.15) is 36.8 Å². The minimum Gasteiger partial charge on any atom is -0.444 e. The molecule has 0 aliphatic carbocycles. The van der Waals surface area contributed by atoms with E-state index in [-0.39, 0.29) is 6.09 Å². The topological polar surface area (TPSA) is 79.7 Å². The summed E-state index contributed by atoms with van der Waals surface area (Å²) in [6.07, 6.45) is 3.73. The fraction of sp³-hybridized carbons (Fsp3) is 0.333. The van der Waals surface area contributed by atoms with E-state index in [1.165, 1.54) is 11.9 Å². The molecule has 0 saturated heterocycles. The van der Waals surface area contributed by atoms with E-state index >= 15 is 0 Å². The van der Waals surface area contributed by atoms with Gasteiger partial charge in [0.1, 0.15) is 16.8 Å². The van der Waals surface area contributed by atoms with Gasteiger partial charge < -0.3 is 9.64 Å². The molecular weight excluding hydrogens is 466 g/mol. The summed E-state index contributed by atoms with van der Waals surface area (Å²) in [5.74, 6) is 0.677. The number of hydrogen-bond donors (Lipinski definition) is 1. The molecule has 156 valence electrons. The minimum absolute atomic E-state index is 0.283. The van der Waals surface area contributed by atoms with Gasteiger partial charge in [0.15, 0.2) is 5.82 Å². The predicted molar refractivity (Wildman–Crippen MR) is 123 cm³/mol. The van der Waals surface area contributed by atoms with E-state index in [0.29, 0.717) is 18.9 Å². The van der Waals surface area contributed by atoms with Crippen LogP contribution in [0.25, 0.3) is 10.2 Å². The van der Waals surface area contributed by atoms with Gasteiger partial charge in [-0.05, 0) is 50.5 Å². The van der Waals surface area contributed by atoms with Crippen molar-refractivity contribution >= 4 is 55.6 Å². The van der Waals surface area contributed by atoms with E-state index in [1.54, 1.807) is 22.5 Å². The Balaban J connectivity index is 1.55. The molecule has 3 aromatic rings. The summed E-state index contributed by atoms with van der Waals surface area (Å²) in [4.78, 5) is 25.0. The Morgan fingerprint density at radius 1 is 1.30 bits per heavy atom. The standard InChI is InChI=1S/C21H22BrN5O2S/c1-21(2,3)29-20(28)27-9-8-15-16(11-27)30-19-17(15)18(23-12-24-19)26-25-10-13-4-6-14(22)7-5-13/h4-7,10,12H,8-9,11H2,1-3H3,(H,23,24,26)/b25-10+. The van der Waals surface area contributed by atoms with Crippen molar-refractivity contribution in [1.29, 1.82) is 0 Å². The van der Waals surface area contributed by atoms with Crippen molar-refractivity contribution in [3.8, 4) is 0 Å². The van der Waals surface area contributed by atoms with Gasteiger partial charge in [0, 0.05) is 15.9 Å². The summed E-state index contributed by atoms with van der Waals surface area (Å²) >= 11 is 5.01. The molecule has 3 heterocycles. The quantitative estimate of drug-likeness (QED) is 0.405. The smallest absolute Gasteiger partial charge is 0.410 e. The van der Waals surface area contributed by atoms with Crippen molar-refractivity contribution in [2.45, 2.75) is 39.3 Å². The number of nitrogens with one attached hydrogen (secondary N) is 1. The van der Waals surface area contributed by atoms with Gasteiger partial charge in [-0.1, -0.05) is 28.1 Å². The highest BCUT2D eigenvalue weighted by Gasteiger charge is 2.29. The molecule has 1 aliphatic heterocycles. The molecule has 0 unspecified atom stereocenters. The second kappa shape index (κ2) is 8.31. The molecule has 1 aromatic carbocycles.